The molecule has 0 amide bonds. The second-order valence-electron chi connectivity index (χ2n) is 5.68. The molecule has 23 heavy (non-hydrogen) atoms. The monoisotopic (exact) mass is 329 g/mol. The molecule has 1 aromatic carbocycles. The van der Waals surface area contributed by atoms with Gasteiger partial charge in [0.05, 0.1) is 7.11 Å². The van der Waals surface area contributed by atoms with Crippen molar-refractivity contribution in [1.29, 1.82) is 0 Å². The second-order valence-corrected chi connectivity index (χ2v) is 5.68. The lowest BCUT2D eigenvalue weighted by Gasteiger charge is -2.32. The molecule has 1 unspecified atom stereocenters. The van der Waals surface area contributed by atoms with E-state index in [-0.39, 0.29) is 25.9 Å². The van der Waals surface area contributed by atoms with Crippen LogP contribution in [0.3, 0.4) is 0 Å². The highest BCUT2D eigenvalue weighted by Crippen LogP contribution is 2.34. The predicted octanol–water partition coefficient (Wildman–Crippen LogP) is 2.78. The van der Waals surface area contributed by atoms with Crippen LogP contribution in [0, 0.1) is 0 Å². The minimum Gasteiger partial charge on any atom is -0.493 e. The van der Waals surface area contributed by atoms with E-state index >= 15 is 0 Å². The zero-order chi connectivity index (χ0) is 17.0. The summed E-state index contributed by atoms with van der Waals surface area (Å²) in [6, 6.07) is 5.24. The van der Waals surface area contributed by atoms with Gasteiger partial charge in [-0.25, -0.2) is 13.6 Å². The molecule has 1 heterocycles. The fourth-order valence-corrected chi connectivity index (χ4v) is 2.49. The van der Waals surface area contributed by atoms with Crippen LogP contribution in [0.2, 0.25) is 0 Å². The predicted molar refractivity (Wildman–Crippen MR) is 80.2 cm³/mol. The number of halogens is 2. The molecule has 1 aliphatic rings. The number of alkyl halides is 2. The molecule has 0 bridgehead atoms. The summed E-state index contributed by atoms with van der Waals surface area (Å²) in [5, 5.41) is 9.02. The first-order chi connectivity index (χ1) is 10.8. The number of likely N-dealkylation sites (tertiary alicyclic amines) is 1. The quantitative estimate of drug-likeness (QED) is 0.870. The third kappa shape index (κ3) is 4.54. The number of methoxy groups -OCH3 is 1. The number of carboxylic acids is 1. The molecule has 1 atom stereocenters. The van der Waals surface area contributed by atoms with Crippen molar-refractivity contribution >= 4 is 5.97 Å². The van der Waals surface area contributed by atoms with Crippen LogP contribution >= 0.6 is 0 Å². The lowest BCUT2D eigenvalue weighted by molar-refractivity contribution is -0.144. The van der Waals surface area contributed by atoms with Gasteiger partial charge in [0.25, 0.3) is 5.92 Å². The number of carbonyl (C=O) groups is 1. The molecule has 1 aliphatic heterocycles. The highest BCUT2D eigenvalue weighted by atomic mass is 19.3. The molecule has 0 aromatic heterocycles. The Morgan fingerprint density at radius 1 is 1.39 bits per heavy atom. The molecule has 7 heteroatoms. The van der Waals surface area contributed by atoms with E-state index in [9.17, 15) is 13.6 Å². The zero-order valence-electron chi connectivity index (χ0n) is 13.2. The summed E-state index contributed by atoms with van der Waals surface area (Å²) in [5.74, 6) is -2.90. The Bertz CT molecular complexity index is 555. The number of piperidine rings is 1. The van der Waals surface area contributed by atoms with E-state index in [2.05, 4.69) is 0 Å². The van der Waals surface area contributed by atoms with Gasteiger partial charge in [-0.15, -0.1) is 0 Å². The molecule has 1 aromatic rings. The van der Waals surface area contributed by atoms with Crippen LogP contribution in [0.15, 0.2) is 18.2 Å². The Hall–Kier alpha value is -1.89. The van der Waals surface area contributed by atoms with Gasteiger partial charge in [-0.3, -0.25) is 4.90 Å². The minimum absolute atomic E-state index is 0.168. The summed E-state index contributed by atoms with van der Waals surface area (Å²) in [7, 11) is 1.47. The first-order valence-electron chi connectivity index (χ1n) is 7.48. The Morgan fingerprint density at radius 3 is 2.61 bits per heavy atom. The van der Waals surface area contributed by atoms with Crippen LogP contribution < -0.4 is 9.47 Å². The number of ether oxygens (including phenoxy) is 2. The van der Waals surface area contributed by atoms with Crippen molar-refractivity contribution in [2.75, 3.05) is 20.2 Å². The number of aliphatic carboxylic acids is 1. The lowest BCUT2D eigenvalue weighted by atomic mass is 10.1. The maximum Gasteiger partial charge on any atom is 0.344 e. The SMILES string of the molecule is COc1cccc(CN2CCC(F)(F)CC2)c1OC(C)C(=O)O. The maximum absolute atomic E-state index is 13.2. The van der Waals surface area contributed by atoms with E-state index in [0.29, 0.717) is 18.0 Å². The fraction of sp³-hybridized carbons (Fsp3) is 0.562. The van der Waals surface area contributed by atoms with Crippen LogP contribution in [0.1, 0.15) is 25.3 Å². The lowest BCUT2D eigenvalue weighted by Crippen LogP contribution is -2.39. The van der Waals surface area contributed by atoms with E-state index in [1.54, 1.807) is 18.2 Å². The molecular weight excluding hydrogens is 308 g/mol. The average Bonchev–Trinajstić information content (AvgIpc) is 2.50. The average molecular weight is 329 g/mol. The normalized spacial score (nSPS) is 19.1. The van der Waals surface area contributed by atoms with Crippen molar-refractivity contribution < 1.29 is 28.2 Å². The van der Waals surface area contributed by atoms with Crippen molar-refractivity contribution in [2.45, 2.75) is 38.3 Å². The number of rotatable bonds is 6. The smallest absolute Gasteiger partial charge is 0.344 e. The fourth-order valence-electron chi connectivity index (χ4n) is 2.49. The van der Waals surface area contributed by atoms with Crippen molar-refractivity contribution in [3.63, 3.8) is 0 Å². The van der Waals surface area contributed by atoms with E-state index in [0.717, 1.165) is 5.56 Å². The summed E-state index contributed by atoms with van der Waals surface area (Å²) < 4.78 is 37.2. The van der Waals surface area contributed by atoms with Gasteiger partial charge >= 0.3 is 5.97 Å². The number of nitrogens with zero attached hydrogens (tertiary/aromatic N) is 1. The standard InChI is InChI=1S/C16H21F2NO4/c1-11(15(20)21)23-14-12(4-3-5-13(14)22-2)10-19-8-6-16(17,18)7-9-19/h3-5,11H,6-10H2,1-2H3,(H,20,21). The summed E-state index contributed by atoms with van der Waals surface area (Å²) >= 11 is 0. The first kappa shape index (κ1) is 17.5. The number of hydrogen-bond acceptors (Lipinski definition) is 4. The van der Waals surface area contributed by atoms with Crippen molar-refractivity contribution in [3.05, 3.63) is 23.8 Å². The number of carboxylic acid groups (broad SMARTS) is 1. The molecule has 0 spiro atoms. The van der Waals surface area contributed by atoms with Gasteiger partial charge in [-0.05, 0) is 13.0 Å². The van der Waals surface area contributed by atoms with Gasteiger partial charge in [-0.2, -0.15) is 0 Å². The minimum atomic E-state index is -2.60. The molecule has 128 valence electrons. The first-order valence-corrected chi connectivity index (χ1v) is 7.48. The van der Waals surface area contributed by atoms with Crippen molar-refractivity contribution in [2.24, 2.45) is 0 Å². The van der Waals surface area contributed by atoms with Gasteiger partial charge in [0.1, 0.15) is 0 Å². The van der Waals surface area contributed by atoms with Gasteiger partial charge in [-0.1, -0.05) is 12.1 Å². The highest BCUT2D eigenvalue weighted by Gasteiger charge is 2.34. The van der Waals surface area contributed by atoms with Crippen molar-refractivity contribution in [3.8, 4) is 11.5 Å². The third-order valence-corrected chi connectivity index (χ3v) is 3.90. The zero-order valence-corrected chi connectivity index (χ0v) is 13.2. The van der Waals surface area contributed by atoms with Gasteiger partial charge in [0.15, 0.2) is 17.6 Å². The topological polar surface area (TPSA) is 59.0 Å². The molecule has 0 aliphatic carbocycles. The molecule has 5 nitrogen and oxygen atoms in total. The largest absolute Gasteiger partial charge is 0.493 e. The van der Waals surface area contributed by atoms with Gasteiger partial charge < -0.3 is 14.6 Å². The number of para-hydroxylation sites is 1. The summed E-state index contributed by atoms with van der Waals surface area (Å²) in [6.45, 7) is 2.42. The number of benzene rings is 1. The van der Waals surface area contributed by atoms with E-state index in [1.807, 2.05) is 4.90 Å². The summed E-state index contributed by atoms with van der Waals surface area (Å²) in [6.07, 6.45) is -1.37. The van der Waals surface area contributed by atoms with E-state index in [4.69, 9.17) is 14.6 Å². The Kier molecular flexibility index (Phi) is 5.41. The maximum atomic E-state index is 13.2. The summed E-state index contributed by atoms with van der Waals surface area (Å²) in [5.41, 5.74) is 0.725. The Morgan fingerprint density at radius 2 is 2.04 bits per heavy atom. The summed E-state index contributed by atoms with van der Waals surface area (Å²) in [4.78, 5) is 12.9. The van der Waals surface area contributed by atoms with Crippen LogP contribution in [0.25, 0.3) is 0 Å². The Labute approximate surface area is 133 Å². The number of hydrogen-bond donors (Lipinski definition) is 1. The van der Waals surface area contributed by atoms with E-state index in [1.165, 1.54) is 14.0 Å². The van der Waals surface area contributed by atoms with E-state index < -0.39 is 18.0 Å². The molecule has 2 rings (SSSR count). The molecule has 1 saturated heterocycles. The molecule has 1 fully saturated rings. The van der Waals surface area contributed by atoms with Crippen molar-refractivity contribution in [1.82, 2.24) is 4.90 Å². The molecule has 0 saturated carbocycles. The molecular formula is C16H21F2NO4. The van der Waals surface area contributed by atoms with Gasteiger partial charge in [0.2, 0.25) is 0 Å². The Balaban J connectivity index is 2.16. The molecule has 0 radical (unpaired) electrons. The van der Waals surface area contributed by atoms with Crippen LogP contribution in [-0.2, 0) is 11.3 Å². The van der Waals surface area contributed by atoms with Crippen LogP contribution in [-0.4, -0.2) is 48.2 Å². The highest BCUT2D eigenvalue weighted by molar-refractivity contribution is 5.72. The van der Waals surface area contributed by atoms with Crippen LogP contribution in [0.5, 0.6) is 11.5 Å². The molecule has 1 N–H and O–H groups in total. The van der Waals surface area contributed by atoms with Crippen LogP contribution in [0.4, 0.5) is 8.78 Å². The van der Waals surface area contributed by atoms with Gasteiger partial charge in [0, 0.05) is 38.0 Å². The third-order valence-electron chi connectivity index (χ3n) is 3.90. The second kappa shape index (κ2) is 7.12.